The smallest absolute Gasteiger partial charge is 0.485 e. The molecule has 1 rings (SSSR count). The third kappa shape index (κ3) is 7.19. The minimum Gasteiger partial charge on any atom is -0.741 e. The fourth-order valence-electron chi connectivity index (χ4n) is 1.23. The van der Waals surface area contributed by atoms with Crippen LogP contribution in [-0.4, -0.2) is 31.0 Å². The van der Waals surface area contributed by atoms with E-state index in [1.165, 1.54) is 10.5 Å². The second-order valence-electron chi connectivity index (χ2n) is 5.49. The van der Waals surface area contributed by atoms with Gasteiger partial charge in [-0.2, -0.15) is 13.2 Å². The normalized spacial score (nSPS) is 12.9. The Morgan fingerprint density at radius 3 is 1.52 bits per heavy atom. The first-order valence-electron chi connectivity index (χ1n) is 5.86. The van der Waals surface area contributed by atoms with Gasteiger partial charge in [0.1, 0.15) is 12.5 Å². The number of benzene rings is 1. The van der Waals surface area contributed by atoms with Gasteiger partial charge in [0.05, 0.1) is 0 Å². The van der Waals surface area contributed by atoms with Gasteiger partial charge in [-0.25, -0.2) is 8.42 Å². The molecule has 21 heavy (non-hydrogen) atoms. The molecule has 0 fully saturated rings. The van der Waals surface area contributed by atoms with Crippen molar-refractivity contribution in [2.45, 2.75) is 36.6 Å². The average Bonchev–Trinajstić information content (AvgIpc) is 2.26. The molecule has 0 amide bonds. The van der Waals surface area contributed by atoms with Gasteiger partial charge in [0.25, 0.3) is 0 Å². The van der Waals surface area contributed by atoms with Crippen molar-refractivity contribution in [3.05, 3.63) is 29.8 Å². The molecule has 0 unspecified atom stereocenters. The highest BCUT2D eigenvalue weighted by Gasteiger charge is 2.36. The lowest BCUT2D eigenvalue weighted by molar-refractivity contribution is -0.0517. The monoisotopic (exact) mass is 344 g/mol. The first-order chi connectivity index (χ1) is 9.16. The summed E-state index contributed by atoms with van der Waals surface area (Å²) in [5.41, 5.74) is -3.95. The van der Waals surface area contributed by atoms with Crippen molar-refractivity contribution in [1.82, 2.24) is 0 Å². The minimum absolute atomic E-state index is 0.276. The summed E-state index contributed by atoms with van der Waals surface area (Å²) in [6.07, 6.45) is 4.51. The highest BCUT2D eigenvalue weighted by Crippen LogP contribution is 2.23. The average molecular weight is 344 g/mol. The van der Waals surface area contributed by atoms with Gasteiger partial charge in [-0.3, -0.25) is 0 Å². The van der Waals surface area contributed by atoms with Gasteiger partial charge in [-0.05, 0) is 23.1 Å². The van der Waals surface area contributed by atoms with Crippen LogP contribution >= 0.6 is 0 Å². The van der Waals surface area contributed by atoms with Gasteiger partial charge in [0.15, 0.2) is 15.0 Å². The van der Waals surface area contributed by atoms with E-state index in [-0.39, 0.29) is 5.41 Å². The zero-order valence-electron chi connectivity index (χ0n) is 12.5. The molecular weight excluding hydrogens is 325 g/mol. The third-order valence-electron chi connectivity index (χ3n) is 2.48. The molecule has 0 N–H and O–H groups in total. The number of hydrogen-bond acceptors (Lipinski definition) is 3. The molecule has 1 aromatic carbocycles. The maximum Gasteiger partial charge on any atom is 0.485 e. The fraction of sp³-hybridized carbons (Fsp3) is 0.538. The van der Waals surface area contributed by atoms with Crippen LogP contribution in [0.5, 0.6) is 0 Å². The van der Waals surface area contributed by atoms with E-state index in [2.05, 4.69) is 57.5 Å². The molecule has 1 aromatic rings. The standard InChI is InChI=1S/C12H19S.CHF3O3S/c1-12(2,3)10-6-8-11(9-7-10)13(4)5;2-1(3,4)8(5,6)7/h6-9H,1-5H3;(H,5,6,7)/q+1;/p-1. The number of alkyl halides is 3. The van der Waals surface area contributed by atoms with E-state index in [0.29, 0.717) is 10.9 Å². The number of halogens is 3. The van der Waals surface area contributed by atoms with E-state index in [4.69, 9.17) is 13.0 Å². The van der Waals surface area contributed by atoms with Crippen molar-refractivity contribution < 1.29 is 26.1 Å². The van der Waals surface area contributed by atoms with Crippen LogP contribution in [0.1, 0.15) is 26.3 Å². The molecule has 0 atom stereocenters. The van der Waals surface area contributed by atoms with Crippen molar-refractivity contribution in [2.75, 3.05) is 12.5 Å². The fourth-order valence-corrected chi connectivity index (χ4v) is 1.91. The molecular formula is C13H19F3O3S2. The van der Waals surface area contributed by atoms with Gasteiger partial charge in [-0.1, -0.05) is 32.9 Å². The molecule has 8 heteroatoms. The molecule has 0 aliphatic rings. The Balaban J connectivity index is 0.000000433. The third-order valence-corrected chi connectivity index (χ3v) is 4.26. The number of hydrogen-bond donors (Lipinski definition) is 0. The lowest BCUT2D eigenvalue weighted by Crippen LogP contribution is -2.21. The topological polar surface area (TPSA) is 57.2 Å². The van der Waals surface area contributed by atoms with Crippen LogP contribution in [0.4, 0.5) is 13.2 Å². The summed E-state index contributed by atoms with van der Waals surface area (Å²) in [6.45, 7) is 6.75. The van der Waals surface area contributed by atoms with Crippen LogP contribution in [0.15, 0.2) is 29.2 Å². The van der Waals surface area contributed by atoms with Crippen LogP contribution in [-0.2, 0) is 26.4 Å². The molecule has 0 radical (unpaired) electrons. The first kappa shape index (κ1) is 20.3. The van der Waals surface area contributed by atoms with Crippen LogP contribution in [0.3, 0.4) is 0 Å². The van der Waals surface area contributed by atoms with Crippen LogP contribution in [0.2, 0.25) is 0 Å². The van der Waals surface area contributed by atoms with E-state index >= 15 is 0 Å². The quantitative estimate of drug-likeness (QED) is 0.446. The van der Waals surface area contributed by atoms with Crippen LogP contribution < -0.4 is 0 Å². The van der Waals surface area contributed by atoms with Gasteiger partial charge >= 0.3 is 5.51 Å². The van der Waals surface area contributed by atoms with Gasteiger partial charge in [0.2, 0.25) is 0 Å². The lowest BCUT2D eigenvalue weighted by atomic mass is 9.87. The summed E-state index contributed by atoms with van der Waals surface area (Å²) in [7, 11) is -5.70. The largest absolute Gasteiger partial charge is 0.741 e. The zero-order valence-corrected chi connectivity index (χ0v) is 14.1. The molecule has 0 aromatic heterocycles. The molecule has 0 bridgehead atoms. The maximum absolute atomic E-state index is 10.7. The molecule has 0 saturated heterocycles. The molecule has 0 heterocycles. The van der Waals surface area contributed by atoms with Crippen molar-refractivity contribution in [3.8, 4) is 0 Å². The van der Waals surface area contributed by atoms with Crippen molar-refractivity contribution in [1.29, 1.82) is 0 Å². The van der Waals surface area contributed by atoms with Gasteiger partial charge in [0, 0.05) is 10.9 Å². The van der Waals surface area contributed by atoms with Crippen molar-refractivity contribution in [3.63, 3.8) is 0 Å². The van der Waals surface area contributed by atoms with Crippen molar-refractivity contribution in [2.24, 2.45) is 0 Å². The van der Waals surface area contributed by atoms with E-state index in [0.717, 1.165) is 0 Å². The van der Waals surface area contributed by atoms with E-state index < -0.39 is 15.6 Å². The summed E-state index contributed by atoms with van der Waals surface area (Å²) in [6, 6.07) is 9.01. The minimum atomic E-state index is -6.09. The molecule has 0 saturated carbocycles. The summed E-state index contributed by atoms with van der Waals surface area (Å²) in [4.78, 5) is 1.45. The highest BCUT2D eigenvalue weighted by molar-refractivity contribution is 7.95. The predicted octanol–water partition coefficient (Wildman–Crippen LogP) is 3.27. The number of rotatable bonds is 1. The second-order valence-corrected chi connectivity index (χ2v) is 8.97. The van der Waals surface area contributed by atoms with E-state index in [1.807, 2.05) is 0 Å². The predicted molar refractivity (Wildman–Crippen MR) is 78.4 cm³/mol. The highest BCUT2D eigenvalue weighted by atomic mass is 32.2. The Hall–Kier alpha value is -0.730. The van der Waals surface area contributed by atoms with Gasteiger partial charge < -0.3 is 4.55 Å². The lowest BCUT2D eigenvalue weighted by Gasteiger charge is -2.18. The molecule has 0 aliphatic carbocycles. The van der Waals surface area contributed by atoms with Crippen LogP contribution in [0.25, 0.3) is 0 Å². The molecule has 0 aliphatic heterocycles. The maximum atomic E-state index is 10.7. The Morgan fingerprint density at radius 1 is 1.00 bits per heavy atom. The van der Waals surface area contributed by atoms with Crippen LogP contribution in [0, 0.1) is 0 Å². The van der Waals surface area contributed by atoms with Gasteiger partial charge in [-0.15, -0.1) is 0 Å². The Kier molecular flexibility index (Phi) is 6.78. The van der Waals surface area contributed by atoms with E-state index in [9.17, 15) is 13.2 Å². The SMILES string of the molecule is C[S+](C)c1ccc(C(C)(C)C)cc1.O=S(=O)([O-])C(F)(F)F. The van der Waals surface area contributed by atoms with E-state index in [1.54, 1.807) is 0 Å². The van der Waals surface area contributed by atoms with Crippen molar-refractivity contribution >= 4 is 21.0 Å². The Morgan fingerprint density at radius 2 is 1.33 bits per heavy atom. The Labute approximate surface area is 126 Å². The second kappa shape index (κ2) is 7.02. The summed E-state index contributed by atoms with van der Waals surface area (Å²) < 4.78 is 58.9. The summed E-state index contributed by atoms with van der Waals surface area (Å²) in [5, 5.41) is 0. The molecule has 122 valence electrons. The molecule has 0 spiro atoms. The zero-order chi connectivity index (χ0) is 17.1. The first-order valence-corrected chi connectivity index (χ1v) is 9.31. The molecule has 3 nitrogen and oxygen atoms in total. The summed E-state index contributed by atoms with van der Waals surface area (Å²) >= 11 is 0. The Bertz CT molecular complexity index is 542. The summed E-state index contributed by atoms with van der Waals surface area (Å²) in [5.74, 6) is 0.